The maximum absolute atomic E-state index is 12.8. The van der Waals surface area contributed by atoms with Gasteiger partial charge in [-0.1, -0.05) is 43.7 Å². The van der Waals surface area contributed by atoms with Gasteiger partial charge in [-0.05, 0) is 51.3 Å². The number of nitrogens with zero attached hydrogens (tertiary/aromatic N) is 2. The standard InChI is InChI=1S/C22H35N3O2/c1-4-12-23-22(27)20-10-14-24(15-11-20)17-21(26)25(13-5-2)16-19-8-6-18(3)7-9-19/h6-9,20H,4-5,10-17H2,1-3H3,(H,23,27). The van der Waals surface area contributed by atoms with Gasteiger partial charge < -0.3 is 10.2 Å². The molecule has 2 rings (SSSR count). The molecular weight excluding hydrogens is 338 g/mol. The summed E-state index contributed by atoms with van der Waals surface area (Å²) in [5.41, 5.74) is 2.41. The van der Waals surface area contributed by atoms with E-state index in [-0.39, 0.29) is 17.7 Å². The molecule has 1 aliphatic heterocycles. The predicted molar refractivity (Wildman–Crippen MR) is 109 cm³/mol. The first-order valence-electron chi connectivity index (χ1n) is 10.4. The second-order valence-corrected chi connectivity index (χ2v) is 7.64. The van der Waals surface area contributed by atoms with Gasteiger partial charge in [-0.2, -0.15) is 0 Å². The van der Waals surface area contributed by atoms with Crippen molar-refractivity contribution in [2.75, 3.05) is 32.7 Å². The molecule has 0 atom stereocenters. The van der Waals surface area contributed by atoms with Crippen LogP contribution in [0.15, 0.2) is 24.3 Å². The zero-order valence-corrected chi connectivity index (χ0v) is 17.2. The summed E-state index contributed by atoms with van der Waals surface area (Å²) in [5.74, 6) is 0.461. The van der Waals surface area contributed by atoms with Crippen molar-refractivity contribution in [1.29, 1.82) is 0 Å². The van der Waals surface area contributed by atoms with Gasteiger partial charge in [0, 0.05) is 25.6 Å². The van der Waals surface area contributed by atoms with Crippen LogP contribution < -0.4 is 5.32 Å². The molecule has 0 aliphatic carbocycles. The van der Waals surface area contributed by atoms with E-state index in [1.807, 2.05) is 4.90 Å². The Kier molecular flexibility index (Phi) is 8.79. The van der Waals surface area contributed by atoms with Gasteiger partial charge in [0.2, 0.25) is 11.8 Å². The van der Waals surface area contributed by atoms with Crippen LogP contribution in [-0.2, 0) is 16.1 Å². The predicted octanol–water partition coefficient (Wildman–Crippen LogP) is 2.97. The number of rotatable bonds is 9. The third kappa shape index (κ3) is 6.98. The van der Waals surface area contributed by atoms with Crippen LogP contribution in [0.3, 0.4) is 0 Å². The summed E-state index contributed by atoms with van der Waals surface area (Å²) >= 11 is 0. The van der Waals surface area contributed by atoms with Crippen LogP contribution in [0.1, 0.15) is 50.7 Å². The van der Waals surface area contributed by atoms with Crippen molar-refractivity contribution >= 4 is 11.8 Å². The molecule has 27 heavy (non-hydrogen) atoms. The van der Waals surface area contributed by atoms with Crippen molar-refractivity contribution < 1.29 is 9.59 Å². The zero-order chi connectivity index (χ0) is 19.6. The number of nitrogens with one attached hydrogen (secondary N) is 1. The normalized spacial score (nSPS) is 15.5. The molecule has 1 N–H and O–H groups in total. The van der Waals surface area contributed by atoms with E-state index in [1.54, 1.807) is 0 Å². The molecule has 0 radical (unpaired) electrons. The number of amides is 2. The Hall–Kier alpha value is -1.88. The second-order valence-electron chi connectivity index (χ2n) is 7.64. The molecule has 0 aromatic heterocycles. The van der Waals surface area contributed by atoms with Gasteiger partial charge in [0.25, 0.3) is 0 Å². The summed E-state index contributed by atoms with van der Waals surface area (Å²) in [6, 6.07) is 8.40. The first-order valence-corrected chi connectivity index (χ1v) is 10.4. The lowest BCUT2D eigenvalue weighted by molar-refractivity contribution is -0.133. The molecule has 0 spiro atoms. The van der Waals surface area contributed by atoms with Gasteiger partial charge in [0.05, 0.1) is 6.54 Å². The number of aryl methyl sites for hydroxylation is 1. The summed E-state index contributed by atoms with van der Waals surface area (Å²) in [5, 5.41) is 2.99. The molecular formula is C22H35N3O2. The van der Waals surface area contributed by atoms with Crippen LogP contribution in [0.4, 0.5) is 0 Å². The molecule has 0 unspecified atom stereocenters. The highest BCUT2D eigenvalue weighted by Gasteiger charge is 2.26. The van der Waals surface area contributed by atoms with Crippen LogP contribution in [0.25, 0.3) is 0 Å². The Bertz CT molecular complexity index is 592. The van der Waals surface area contributed by atoms with E-state index in [0.29, 0.717) is 13.1 Å². The molecule has 1 fully saturated rings. The third-order valence-corrected chi connectivity index (χ3v) is 5.21. The number of piperidine rings is 1. The van der Waals surface area contributed by atoms with Crippen LogP contribution in [0, 0.1) is 12.8 Å². The van der Waals surface area contributed by atoms with Crippen molar-refractivity contribution in [3.8, 4) is 0 Å². The number of hydrogen-bond acceptors (Lipinski definition) is 3. The number of carbonyl (C=O) groups excluding carboxylic acids is 2. The molecule has 0 bridgehead atoms. The fourth-order valence-electron chi connectivity index (χ4n) is 3.51. The Balaban J connectivity index is 1.83. The van der Waals surface area contributed by atoms with Crippen molar-refractivity contribution in [2.45, 2.75) is 53.0 Å². The summed E-state index contributed by atoms with van der Waals surface area (Å²) < 4.78 is 0. The Labute approximate surface area is 164 Å². The molecule has 1 aromatic rings. The lowest BCUT2D eigenvalue weighted by Gasteiger charge is -2.32. The smallest absolute Gasteiger partial charge is 0.237 e. The minimum Gasteiger partial charge on any atom is -0.356 e. The maximum Gasteiger partial charge on any atom is 0.237 e. The molecule has 0 saturated carbocycles. The highest BCUT2D eigenvalue weighted by atomic mass is 16.2. The first kappa shape index (κ1) is 21.4. The highest BCUT2D eigenvalue weighted by Crippen LogP contribution is 2.18. The first-order chi connectivity index (χ1) is 13.0. The molecule has 5 heteroatoms. The van der Waals surface area contributed by atoms with E-state index in [2.05, 4.69) is 55.3 Å². The van der Waals surface area contributed by atoms with Crippen molar-refractivity contribution in [1.82, 2.24) is 15.1 Å². The highest BCUT2D eigenvalue weighted by molar-refractivity contribution is 5.79. The summed E-state index contributed by atoms with van der Waals surface area (Å²) in [6.45, 7) is 10.5. The number of carbonyl (C=O) groups is 2. The van der Waals surface area contributed by atoms with E-state index in [1.165, 1.54) is 11.1 Å². The fourth-order valence-corrected chi connectivity index (χ4v) is 3.51. The van der Waals surface area contributed by atoms with E-state index in [9.17, 15) is 9.59 Å². The maximum atomic E-state index is 12.8. The monoisotopic (exact) mass is 373 g/mol. The number of likely N-dealkylation sites (tertiary alicyclic amines) is 1. The van der Waals surface area contributed by atoms with E-state index >= 15 is 0 Å². The quantitative estimate of drug-likeness (QED) is 0.724. The summed E-state index contributed by atoms with van der Waals surface area (Å²) in [7, 11) is 0. The average molecular weight is 374 g/mol. The van der Waals surface area contributed by atoms with Crippen LogP contribution in [0.5, 0.6) is 0 Å². The van der Waals surface area contributed by atoms with Gasteiger partial charge in [-0.25, -0.2) is 0 Å². The van der Waals surface area contributed by atoms with Crippen LogP contribution >= 0.6 is 0 Å². The molecule has 1 aromatic carbocycles. The number of hydrogen-bond donors (Lipinski definition) is 1. The molecule has 1 saturated heterocycles. The van der Waals surface area contributed by atoms with E-state index in [4.69, 9.17) is 0 Å². The van der Waals surface area contributed by atoms with E-state index in [0.717, 1.165) is 51.9 Å². The van der Waals surface area contributed by atoms with Gasteiger partial charge in [-0.15, -0.1) is 0 Å². The zero-order valence-electron chi connectivity index (χ0n) is 17.2. The average Bonchev–Trinajstić information content (AvgIpc) is 2.68. The Morgan fingerprint density at radius 3 is 2.37 bits per heavy atom. The largest absolute Gasteiger partial charge is 0.356 e. The topological polar surface area (TPSA) is 52.7 Å². The third-order valence-electron chi connectivity index (χ3n) is 5.21. The Morgan fingerprint density at radius 2 is 1.78 bits per heavy atom. The van der Waals surface area contributed by atoms with Gasteiger partial charge in [-0.3, -0.25) is 14.5 Å². The van der Waals surface area contributed by atoms with Gasteiger partial charge >= 0.3 is 0 Å². The minimum absolute atomic E-state index is 0.0993. The Morgan fingerprint density at radius 1 is 1.11 bits per heavy atom. The number of benzene rings is 1. The van der Waals surface area contributed by atoms with Crippen molar-refractivity contribution in [3.63, 3.8) is 0 Å². The summed E-state index contributed by atoms with van der Waals surface area (Å²) in [4.78, 5) is 29.1. The lowest BCUT2D eigenvalue weighted by Crippen LogP contribution is -2.45. The van der Waals surface area contributed by atoms with Gasteiger partial charge in [0.1, 0.15) is 0 Å². The minimum atomic E-state index is 0.0993. The van der Waals surface area contributed by atoms with Crippen LogP contribution in [0.2, 0.25) is 0 Å². The molecule has 5 nitrogen and oxygen atoms in total. The molecule has 150 valence electrons. The molecule has 1 aliphatic rings. The van der Waals surface area contributed by atoms with Crippen LogP contribution in [-0.4, -0.2) is 54.3 Å². The second kappa shape index (κ2) is 11.1. The SMILES string of the molecule is CCCNC(=O)C1CCN(CC(=O)N(CCC)Cc2ccc(C)cc2)CC1. The summed E-state index contributed by atoms with van der Waals surface area (Å²) in [6.07, 6.45) is 3.60. The fraction of sp³-hybridized carbons (Fsp3) is 0.636. The van der Waals surface area contributed by atoms with Gasteiger partial charge in [0.15, 0.2) is 0 Å². The molecule has 1 heterocycles. The lowest BCUT2D eigenvalue weighted by atomic mass is 9.96. The van der Waals surface area contributed by atoms with E-state index < -0.39 is 0 Å². The molecule has 2 amide bonds. The van der Waals surface area contributed by atoms with Crippen molar-refractivity contribution in [2.24, 2.45) is 5.92 Å². The van der Waals surface area contributed by atoms with Crippen molar-refractivity contribution in [3.05, 3.63) is 35.4 Å².